The Bertz CT molecular complexity index is 511. The van der Waals surface area contributed by atoms with Crippen molar-refractivity contribution in [2.45, 2.75) is 50.3 Å². The summed E-state index contributed by atoms with van der Waals surface area (Å²) >= 11 is 1.83. The van der Waals surface area contributed by atoms with Gasteiger partial charge < -0.3 is 10.1 Å². The summed E-state index contributed by atoms with van der Waals surface area (Å²) in [5, 5.41) is 2.97. The minimum Gasteiger partial charge on any atom is -0.449 e. The molecule has 1 atom stereocenters. The van der Waals surface area contributed by atoms with E-state index in [1.165, 1.54) is 10.5 Å². The molecule has 1 amide bonds. The Hall–Kier alpha value is -0.870. The first-order valence-electron chi connectivity index (χ1n) is 6.90. The van der Waals surface area contributed by atoms with Crippen LogP contribution in [0.15, 0.2) is 29.2 Å². The molecule has 0 aromatic heterocycles. The van der Waals surface area contributed by atoms with Crippen LogP contribution in [0, 0.1) is 5.41 Å². The zero-order valence-corrected chi connectivity index (χ0v) is 14.9. The molecule has 0 saturated carbocycles. The number of thioether (sulfide) groups is 1. The van der Waals surface area contributed by atoms with Gasteiger partial charge in [-0.15, -0.1) is 24.2 Å². The molecular formula is C16H24ClNO2S. The second-order valence-electron chi connectivity index (χ2n) is 6.89. The number of amides is 1. The van der Waals surface area contributed by atoms with Crippen LogP contribution < -0.4 is 5.32 Å². The largest absolute Gasteiger partial charge is 0.449 e. The number of cyclic esters (lactones) is 1. The molecule has 2 rings (SSSR count). The van der Waals surface area contributed by atoms with Gasteiger partial charge in [0, 0.05) is 15.1 Å². The number of ether oxygens (including phenoxy) is 1. The normalized spacial score (nSPS) is 21.0. The molecule has 1 aromatic rings. The van der Waals surface area contributed by atoms with Crippen molar-refractivity contribution in [1.29, 1.82) is 0 Å². The molecule has 21 heavy (non-hydrogen) atoms. The monoisotopic (exact) mass is 329 g/mol. The van der Waals surface area contributed by atoms with Gasteiger partial charge in [-0.25, -0.2) is 4.79 Å². The molecular weight excluding hydrogens is 306 g/mol. The van der Waals surface area contributed by atoms with Gasteiger partial charge in [0.1, 0.15) is 6.61 Å². The van der Waals surface area contributed by atoms with Crippen LogP contribution in [0.5, 0.6) is 0 Å². The van der Waals surface area contributed by atoms with Crippen LogP contribution in [-0.4, -0.2) is 17.4 Å². The van der Waals surface area contributed by atoms with Gasteiger partial charge >= 0.3 is 6.09 Å². The summed E-state index contributed by atoms with van der Waals surface area (Å²) in [6.45, 7) is 11.3. The van der Waals surface area contributed by atoms with E-state index in [1.54, 1.807) is 0 Å². The number of halogens is 1. The Kier molecular flexibility index (Phi) is 5.62. The van der Waals surface area contributed by atoms with Crippen LogP contribution in [0.4, 0.5) is 4.79 Å². The second-order valence-corrected chi connectivity index (χ2v) is 8.76. The highest BCUT2D eigenvalue weighted by atomic mass is 35.5. The molecule has 0 bridgehead atoms. The number of alkyl carbamates (subject to hydrolysis) is 1. The molecule has 3 nitrogen and oxygen atoms in total. The van der Waals surface area contributed by atoms with Gasteiger partial charge in [-0.1, -0.05) is 52.8 Å². The lowest BCUT2D eigenvalue weighted by molar-refractivity contribution is 0.0380. The van der Waals surface area contributed by atoms with Crippen LogP contribution >= 0.6 is 24.2 Å². The molecule has 0 spiro atoms. The minimum atomic E-state index is -0.329. The summed E-state index contributed by atoms with van der Waals surface area (Å²) in [6, 6.07) is 8.29. The van der Waals surface area contributed by atoms with E-state index in [4.69, 9.17) is 4.74 Å². The summed E-state index contributed by atoms with van der Waals surface area (Å²) < 4.78 is 5.26. The van der Waals surface area contributed by atoms with Gasteiger partial charge in [0.15, 0.2) is 0 Å². The van der Waals surface area contributed by atoms with Gasteiger partial charge in [-0.3, -0.25) is 0 Å². The van der Waals surface area contributed by atoms with Gasteiger partial charge in [-0.2, -0.15) is 0 Å². The van der Waals surface area contributed by atoms with E-state index in [0.717, 1.165) is 0 Å². The lowest BCUT2D eigenvalue weighted by Gasteiger charge is -2.39. The molecule has 1 N–H and O–H groups in total. The molecule has 1 heterocycles. The van der Waals surface area contributed by atoms with Crippen molar-refractivity contribution in [3.8, 4) is 0 Å². The zero-order chi connectivity index (χ0) is 15.0. The summed E-state index contributed by atoms with van der Waals surface area (Å²) in [7, 11) is 0. The molecule has 1 aliphatic rings. The Labute approximate surface area is 137 Å². The number of hydrogen-bond acceptors (Lipinski definition) is 3. The smallest absolute Gasteiger partial charge is 0.407 e. The van der Waals surface area contributed by atoms with E-state index in [-0.39, 0.29) is 34.7 Å². The van der Waals surface area contributed by atoms with E-state index in [9.17, 15) is 4.79 Å². The van der Waals surface area contributed by atoms with E-state index in [1.807, 2.05) is 23.9 Å². The van der Waals surface area contributed by atoms with Crippen LogP contribution in [0.1, 0.15) is 46.2 Å². The fourth-order valence-electron chi connectivity index (χ4n) is 2.33. The van der Waals surface area contributed by atoms with Gasteiger partial charge in [0.25, 0.3) is 0 Å². The maximum atomic E-state index is 11.6. The van der Waals surface area contributed by atoms with Crippen molar-refractivity contribution in [2.75, 3.05) is 6.61 Å². The lowest BCUT2D eigenvalue weighted by Crippen LogP contribution is -2.47. The van der Waals surface area contributed by atoms with Gasteiger partial charge in [-0.05, 0) is 11.6 Å². The summed E-state index contributed by atoms with van der Waals surface area (Å²) in [5.74, 6) is 0. The zero-order valence-electron chi connectivity index (χ0n) is 13.2. The molecule has 1 aliphatic heterocycles. The number of rotatable bonds is 2. The number of carbonyl (C=O) groups is 1. The first-order valence-corrected chi connectivity index (χ1v) is 7.72. The van der Waals surface area contributed by atoms with Gasteiger partial charge in [0.2, 0.25) is 0 Å². The highest BCUT2D eigenvalue weighted by Crippen LogP contribution is 2.42. The number of nitrogens with one attached hydrogen (secondary N) is 1. The van der Waals surface area contributed by atoms with Crippen molar-refractivity contribution in [3.63, 3.8) is 0 Å². The minimum absolute atomic E-state index is 0. The summed E-state index contributed by atoms with van der Waals surface area (Å²) in [4.78, 5) is 12.8. The van der Waals surface area contributed by atoms with Crippen molar-refractivity contribution in [2.24, 2.45) is 5.41 Å². The Morgan fingerprint density at radius 1 is 1.29 bits per heavy atom. The molecule has 0 unspecified atom stereocenters. The third kappa shape index (κ3) is 4.55. The Balaban J connectivity index is 0.00000220. The van der Waals surface area contributed by atoms with Crippen LogP contribution in [-0.2, 0) is 4.74 Å². The average molecular weight is 330 g/mol. The molecule has 1 aromatic carbocycles. The van der Waals surface area contributed by atoms with E-state index in [2.05, 4.69) is 52.1 Å². The SMILES string of the molecule is CC(C)(C)Sc1ccccc1[C@H]1NC(=O)OCC1(C)C.Cl. The summed E-state index contributed by atoms with van der Waals surface area (Å²) in [5.41, 5.74) is 1.05. The summed E-state index contributed by atoms with van der Waals surface area (Å²) in [6.07, 6.45) is -0.329. The van der Waals surface area contributed by atoms with Crippen molar-refractivity contribution in [1.82, 2.24) is 5.32 Å². The molecule has 1 saturated heterocycles. The van der Waals surface area contributed by atoms with Crippen molar-refractivity contribution < 1.29 is 9.53 Å². The predicted octanol–water partition coefficient (Wildman–Crippen LogP) is 4.81. The fraction of sp³-hybridized carbons (Fsp3) is 0.562. The number of benzene rings is 1. The average Bonchev–Trinajstić information content (AvgIpc) is 2.31. The standard InChI is InChI=1S/C16H23NO2S.ClH/c1-15(2,3)20-12-9-7-6-8-11(12)13-16(4,5)10-19-14(18)17-13;/h6-9,13H,10H2,1-5H3,(H,17,18);1H/t13-;/m1./s1. The van der Waals surface area contributed by atoms with E-state index in [0.29, 0.717) is 6.61 Å². The highest BCUT2D eigenvalue weighted by Gasteiger charge is 2.39. The quantitative estimate of drug-likeness (QED) is 0.791. The third-order valence-corrected chi connectivity index (χ3v) is 4.47. The molecule has 5 heteroatoms. The molecule has 0 aliphatic carbocycles. The fourth-order valence-corrected chi connectivity index (χ4v) is 3.44. The van der Waals surface area contributed by atoms with Crippen molar-refractivity contribution >= 4 is 30.3 Å². The predicted molar refractivity (Wildman–Crippen MR) is 90.3 cm³/mol. The third-order valence-electron chi connectivity index (χ3n) is 3.27. The second kappa shape index (κ2) is 6.49. The maximum absolute atomic E-state index is 11.6. The highest BCUT2D eigenvalue weighted by molar-refractivity contribution is 8.00. The van der Waals surface area contributed by atoms with Crippen LogP contribution in [0.2, 0.25) is 0 Å². The molecule has 118 valence electrons. The maximum Gasteiger partial charge on any atom is 0.407 e. The first kappa shape index (κ1) is 18.2. The topological polar surface area (TPSA) is 38.3 Å². The van der Waals surface area contributed by atoms with E-state index < -0.39 is 0 Å². The Morgan fingerprint density at radius 2 is 1.90 bits per heavy atom. The van der Waals surface area contributed by atoms with E-state index >= 15 is 0 Å². The number of hydrogen-bond donors (Lipinski definition) is 1. The van der Waals surface area contributed by atoms with Gasteiger partial charge in [0.05, 0.1) is 6.04 Å². The first-order chi connectivity index (χ1) is 9.19. The van der Waals surface area contributed by atoms with Crippen molar-refractivity contribution in [3.05, 3.63) is 29.8 Å². The molecule has 1 fully saturated rings. The number of carbonyl (C=O) groups excluding carboxylic acids is 1. The van der Waals surface area contributed by atoms with Crippen LogP contribution in [0.3, 0.4) is 0 Å². The molecule has 0 radical (unpaired) electrons. The lowest BCUT2D eigenvalue weighted by atomic mass is 9.80. The Morgan fingerprint density at radius 3 is 2.52 bits per heavy atom. The van der Waals surface area contributed by atoms with Crippen LogP contribution in [0.25, 0.3) is 0 Å².